The molecule has 3 aromatic carbocycles. The van der Waals surface area contributed by atoms with Gasteiger partial charge in [0.1, 0.15) is 0 Å². The van der Waals surface area contributed by atoms with Gasteiger partial charge in [0, 0.05) is 16.4 Å². The molecule has 4 heteroatoms. The average Bonchev–Trinajstić information content (AvgIpc) is 3.30. The number of pyridine rings is 1. The second-order valence-electron chi connectivity index (χ2n) is 6.94. The molecule has 0 aliphatic carbocycles. The predicted octanol–water partition coefficient (Wildman–Crippen LogP) is 8.32. The number of benzene rings is 3. The molecule has 5 rings (SSSR count). The first kappa shape index (κ1) is 18.4. The van der Waals surface area contributed by atoms with E-state index < -0.39 is 6.85 Å². The van der Waals surface area contributed by atoms with E-state index in [1.807, 2.05) is 66.7 Å². The minimum absolute atomic E-state index is 0. The third kappa shape index (κ3) is 6.27. The number of nitrogens with zero attached hydrogens (tertiary/aromatic N) is 2. The molecule has 2 nitrogen and oxygen atoms in total. The second kappa shape index (κ2) is 11.7. The maximum atomic E-state index is 7.59. The van der Waals surface area contributed by atoms with Crippen LogP contribution in [0.25, 0.3) is 42.4 Å². The van der Waals surface area contributed by atoms with Gasteiger partial charge in [-0.2, -0.15) is 23.5 Å². The summed E-state index contributed by atoms with van der Waals surface area (Å²) in [6, 6.07) is 31.9. The van der Waals surface area contributed by atoms with Gasteiger partial charge in [0.2, 0.25) is 0 Å². The molecule has 2 aromatic heterocycles. The Morgan fingerprint density at radius 1 is 1.03 bits per heavy atom. The van der Waals surface area contributed by atoms with Gasteiger partial charge in [-0.3, -0.25) is 0 Å². The molecule has 0 aliphatic heterocycles. The van der Waals surface area contributed by atoms with E-state index in [0.29, 0.717) is 11.3 Å². The Hall–Kier alpha value is -3.04. The van der Waals surface area contributed by atoms with E-state index in [2.05, 4.69) is 34.6 Å². The van der Waals surface area contributed by atoms with Crippen LogP contribution in [-0.2, 0) is 20.1 Å². The monoisotopic (exact) mass is 629 g/mol. The number of fused-ring (bicyclic) bond motifs is 3. The summed E-state index contributed by atoms with van der Waals surface area (Å²) >= 11 is 1.66. The maximum Gasteiger partial charge on any atom is 3.00 e. The number of hydrogen-bond acceptors (Lipinski definition) is 2. The van der Waals surface area contributed by atoms with Crippen molar-refractivity contribution in [3.05, 3.63) is 127 Å². The molecule has 0 bridgehead atoms. The summed E-state index contributed by atoms with van der Waals surface area (Å²) in [6.45, 7) is -0.580. The number of thiophene rings is 1. The predicted molar refractivity (Wildman–Crippen MR) is 139 cm³/mol. The summed E-state index contributed by atoms with van der Waals surface area (Å²) in [7, 11) is 0. The molecule has 0 unspecified atom stereocenters. The summed E-state index contributed by atoms with van der Waals surface area (Å²) in [4.78, 5) is 4.22. The molecule has 0 fully saturated rings. The van der Waals surface area contributed by atoms with Crippen LogP contribution in [0.1, 0.15) is 19.3 Å². The van der Waals surface area contributed by atoms with Crippen LogP contribution in [0.5, 0.6) is 0 Å². The first-order valence-corrected chi connectivity index (χ1v) is 10.8. The first-order chi connectivity index (χ1) is 17.9. The molecule has 0 aliphatic rings. The minimum atomic E-state index is -2.35. The zero-order valence-electron chi connectivity index (χ0n) is 22.6. The van der Waals surface area contributed by atoms with Crippen LogP contribution in [0.2, 0.25) is 0 Å². The van der Waals surface area contributed by atoms with Crippen molar-refractivity contribution in [1.82, 2.24) is 4.98 Å². The zero-order valence-corrected chi connectivity index (χ0v) is 20.8. The van der Waals surface area contributed by atoms with Crippen molar-refractivity contribution in [3.63, 3.8) is 0 Å². The molecule has 2 heterocycles. The molecule has 0 radical (unpaired) electrons. The van der Waals surface area contributed by atoms with Gasteiger partial charge < -0.3 is 10.3 Å². The van der Waals surface area contributed by atoms with Crippen molar-refractivity contribution in [3.8, 4) is 11.3 Å². The van der Waals surface area contributed by atoms with Crippen LogP contribution in [0.4, 0.5) is 0 Å². The third-order valence-corrected chi connectivity index (χ3v) is 5.79. The van der Waals surface area contributed by atoms with Crippen molar-refractivity contribution >= 4 is 37.2 Å². The normalized spacial score (nSPS) is 14.0. The van der Waals surface area contributed by atoms with Crippen LogP contribution in [0.3, 0.4) is 0 Å². The van der Waals surface area contributed by atoms with Gasteiger partial charge in [0.05, 0.1) is 1.37 Å². The SMILES string of the molecule is [2H]C=C([N-]CC(=C[2H])C([2H])([2H])[2H])c1[c-]cc2c(c1)sc1ccccc12.[Ir+3].[c-]1ccccc1-c1ccccn1. The van der Waals surface area contributed by atoms with E-state index in [4.69, 9.17) is 6.85 Å². The van der Waals surface area contributed by atoms with E-state index in [0.717, 1.165) is 34.5 Å². The summed E-state index contributed by atoms with van der Waals surface area (Å²) in [6.07, 6.45) is 1.79. The number of aromatic nitrogens is 1. The largest absolute Gasteiger partial charge is 3.00 e. The molecule has 0 saturated heterocycles. The molecule has 164 valence electrons. The Kier molecular flexibility index (Phi) is 6.53. The second-order valence-corrected chi connectivity index (χ2v) is 8.02. The molecule has 0 amide bonds. The van der Waals surface area contributed by atoms with Crippen molar-refractivity contribution in [2.45, 2.75) is 6.85 Å². The Labute approximate surface area is 220 Å². The Bertz CT molecular complexity index is 1490. The van der Waals surface area contributed by atoms with E-state index >= 15 is 0 Å². The molecule has 0 atom stereocenters. The summed E-state index contributed by atoms with van der Waals surface area (Å²) in [5.41, 5.74) is 2.94. The maximum absolute atomic E-state index is 7.59. The molecule has 33 heavy (non-hydrogen) atoms. The summed E-state index contributed by atoms with van der Waals surface area (Å²) < 4.78 is 39.2. The fraction of sp³-hybridized carbons (Fsp3) is 0.0690. The first-order valence-electron chi connectivity index (χ1n) is 12.6. The van der Waals surface area contributed by atoms with Crippen LogP contribution in [0, 0.1) is 12.1 Å². The van der Waals surface area contributed by atoms with E-state index in [1.54, 1.807) is 17.5 Å². The van der Waals surface area contributed by atoms with Gasteiger partial charge in [0.25, 0.3) is 0 Å². The fourth-order valence-corrected chi connectivity index (χ4v) is 4.27. The van der Waals surface area contributed by atoms with Crippen LogP contribution in [0.15, 0.2) is 104 Å². The van der Waals surface area contributed by atoms with Gasteiger partial charge >= 0.3 is 20.1 Å². The average molecular weight is 629 g/mol. The van der Waals surface area contributed by atoms with Gasteiger partial charge in [-0.15, -0.1) is 67.2 Å². The molecular formula is C29H23IrN2S. The topological polar surface area (TPSA) is 27.0 Å². The van der Waals surface area contributed by atoms with Crippen molar-refractivity contribution in [2.75, 3.05) is 6.54 Å². The Morgan fingerprint density at radius 2 is 1.91 bits per heavy atom. The minimum Gasteiger partial charge on any atom is -0.725 e. The van der Waals surface area contributed by atoms with E-state index in [-0.39, 0.29) is 32.2 Å². The van der Waals surface area contributed by atoms with E-state index in [9.17, 15) is 0 Å². The molecular weight excluding hydrogens is 601 g/mol. The third-order valence-electron chi connectivity index (χ3n) is 4.66. The summed E-state index contributed by atoms with van der Waals surface area (Å²) in [5, 5.41) is 6.48. The Balaban J connectivity index is 0.000000258. The number of rotatable bonds is 5. The molecule has 0 saturated carbocycles. The summed E-state index contributed by atoms with van der Waals surface area (Å²) in [5.74, 6) is 0. The molecule has 0 spiro atoms. The van der Waals surface area contributed by atoms with Gasteiger partial charge in [-0.05, 0) is 34.8 Å². The van der Waals surface area contributed by atoms with E-state index in [1.165, 1.54) is 10.1 Å². The molecule has 5 aromatic rings. The van der Waals surface area contributed by atoms with Gasteiger partial charge in [-0.25, -0.2) is 5.70 Å². The quantitative estimate of drug-likeness (QED) is 0.142. The van der Waals surface area contributed by atoms with Gasteiger partial charge in [-0.1, -0.05) is 41.3 Å². The number of hydrogen-bond donors (Lipinski definition) is 0. The van der Waals surface area contributed by atoms with Crippen LogP contribution < -0.4 is 0 Å². The fourth-order valence-electron chi connectivity index (χ4n) is 3.14. The zero-order chi connectivity index (χ0) is 26.3. The Morgan fingerprint density at radius 3 is 2.67 bits per heavy atom. The van der Waals surface area contributed by atoms with Crippen molar-refractivity contribution < 1.29 is 27.0 Å². The van der Waals surface area contributed by atoms with Crippen LogP contribution in [-0.4, -0.2) is 11.5 Å². The smallest absolute Gasteiger partial charge is 0.725 e. The standard InChI is InChI=1S/C18H15NS.C11H8N.Ir/c1-12(2)11-19-13(3)14-8-9-16-15-6-4-5-7-17(15)20-18(16)10-14;1-2-6-10(7-3-1)11-8-4-5-9-12-11;/h4-7,9-10H,1,3,11H2,2H3;1-6,8-9H;/q-2;-1;+3/i1D,2D3,3D;;. The van der Waals surface area contributed by atoms with Crippen molar-refractivity contribution in [1.29, 1.82) is 0 Å². The van der Waals surface area contributed by atoms with Crippen molar-refractivity contribution in [2.24, 2.45) is 0 Å². The van der Waals surface area contributed by atoms with Crippen LogP contribution >= 0.6 is 11.3 Å². The van der Waals surface area contributed by atoms with Gasteiger partial charge in [0.15, 0.2) is 0 Å². The molecule has 0 N–H and O–H groups in total.